The minimum absolute atomic E-state index is 0.0269. The molecule has 1 aliphatic heterocycles. The minimum Gasteiger partial charge on any atom is -0.461 e. The van der Waals surface area contributed by atoms with E-state index in [1.54, 1.807) is 25.4 Å². The molecule has 0 spiro atoms. The van der Waals surface area contributed by atoms with Gasteiger partial charge in [0.1, 0.15) is 11.6 Å². The van der Waals surface area contributed by atoms with Crippen LogP contribution in [0.15, 0.2) is 24.5 Å². The quantitative estimate of drug-likeness (QED) is 0.199. The van der Waals surface area contributed by atoms with Crippen molar-refractivity contribution in [3.8, 4) is 0 Å². The SMILES string of the molecule is CC(C)COC(C)ONC(=O)/C=C/c1cncc(CNC2(C(=O)OC3CCCC3)CCOCC2)c1. The third kappa shape index (κ3) is 9.00. The van der Waals surface area contributed by atoms with Gasteiger partial charge in [-0.1, -0.05) is 13.8 Å². The van der Waals surface area contributed by atoms with Gasteiger partial charge >= 0.3 is 5.97 Å². The number of hydroxylamine groups is 1. The fourth-order valence-corrected chi connectivity index (χ4v) is 4.12. The van der Waals surface area contributed by atoms with Crippen molar-refractivity contribution in [1.82, 2.24) is 15.8 Å². The van der Waals surface area contributed by atoms with E-state index in [-0.39, 0.29) is 12.1 Å². The van der Waals surface area contributed by atoms with Crippen LogP contribution < -0.4 is 10.8 Å². The first-order valence-corrected chi connectivity index (χ1v) is 12.6. The Bertz CT molecular complexity index is 847. The summed E-state index contributed by atoms with van der Waals surface area (Å²) in [5.41, 5.74) is 3.27. The van der Waals surface area contributed by atoms with Crippen LogP contribution in [-0.4, -0.2) is 54.6 Å². The highest BCUT2D eigenvalue weighted by atomic mass is 16.8. The van der Waals surface area contributed by atoms with Gasteiger partial charge in [-0.15, -0.1) is 0 Å². The lowest BCUT2D eigenvalue weighted by Crippen LogP contribution is -2.56. The highest BCUT2D eigenvalue weighted by molar-refractivity contribution is 5.90. The first-order chi connectivity index (χ1) is 16.9. The number of amides is 1. The summed E-state index contributed by atoms with van der Waals surface area (Å²) in [5.74, 6) is -0.200. The van der Waals surface area contributed by atoms with Crippen LogP contribution >= 0.6 is 0 Å². The average Bonchev–Trinajstić information content (AvgIpc) is 3.37. The second-order valence-corrected chi connectivity index (χ2v) is 9.70. The lowest BCUT2D eigenvalue weighted by atomic mass is 9.89. The van der Waals surface area contributed by atoms with E-state index in [0.717, 1.165) is 36.8 Å². The molecule has 1 saturated heterocycles. The van der Waals surface area contributed by atoms with Crippen molar-refractivity contribution in [3.63, 3.8) is 0 Å². The number of aromatic nitrogens is 1. The van der Waals surface area contributed by atoms with Crippen molar-refractivity contribution in [1.29, 1.82) is 0 Å². The number of hydrogen-bond donors (Lipinski definition) is 2. The first kappa shape index (κ1) is 27.3. The number of carbonyl (C=O) groups is 2. The molecule has 0 radical (unpaired) electrons. The van der Waals surface area contributed by atoms with Gasteiger partial charge in [-0.25, -0.2) is 10.3 Å². The number of rotatable bonds is 12. The van der Waals surface area contributed by atoms with Crippen molar-refractivity contribution < 1.29 is 28.6 Å². The highest BCUT2D eigenvalue weighted by Crippen LogP contribution is 2.27. The molecule has 2 aliphatic rings. The maximum absolute atomic E-state index is 13.1. The summed E-state index contributed by atoms with van der Waals surface area (Å²) in [4.78, 5) is 34.6. The number of esters is 1. The molecule has 1 atom stereocenters. The molecule has 2 fully saturated rings. The molecule has 1 aromatic heterocycles. The van der Waals surface area contributed by atoms with Gasteiger partial charge in [0, 0.05) is 38.2 Å². The summed E-state index contributed by atoms with van der Waals surface area (Å²) in [5, 5.41) is 3.44. The minimum atomic E-state index is -0.752. The zero-order valence-corrected chi connectivity index (χ0v) is 21.1. The van der Waals surface area contributed by atoms with Crippen molar-refractivity contribution in [2.75, 3.05) is 19.8 Å². The Morgan fingerprint density at radius 1 is 1.20 bits per heavy atom. The third-order valence-electron chi connectivity index (χ3n) is 6.18. The largest absolute Gasteiger partial charge is 0.461 e. The van der Waals surface area contributed by atoms with Crippen LogP contribution in [0.4, 0.5) is 0 Å². The van der Waals surface area contributed by atoms with Crippen molar-refractivity contribution >= 4 is 18.0 Å². The predicted molar refractivity (Wildman–Crippen MR) is 131 cm³/mol. The van der Waals surface area contributed by atoms with E-state index >= 15 is 0 Å². The molecule has 3 rings (SSSR count). The number of nitrogens with one attached hydrogen (secondary N) is 2. The van der Waals surface area contributed by atoms with Crippen LogP contribution in [0.3, 0.4) is 0 Å². The summed E-state index contributed by atoms with van der Waals surface area (Å²) in [6, 6.07) is 1.92. The Labute approximate surface area is 207 Å². The molecule has 1 saturated carbocycles. The normalized spacial score (nSPS) is 19.2. The van der Waals surface area contributed by atoms with E-state index in [0.29, 0.717) is 45.1 Å². The lowest BCUT2D eigenvalue weighted by molar-refractivity contribution is -0.180. The monoisotopic (exact) mass is 489 g/mol. The number of carbonyl (C=O) groups excluding carboxylic acids is 2. The first-order valence-electron chi connectivity index (χ1n) is 12.6. The van der Waals surface area contributed by atoms with Crippen LogP contribution in [0.25, 0.3) is 6.08 Å². The molecule has 0 aromatic carbocycles. The molecule has 1 aromatic rings. The number of hydrogen-bond acceptors (Lipinski definition) is 8. The number of nitrogens with zero attached hydrogens (tertiary/aromatic N) is 1. The molecule has 35 heavy (non-hydrogen) atoms. The van der Waals surface area contributed by atoms with Crippen LogP contribution in [0.5, 0.6) is 0 Å². The molecule has 1 aliphatic carbocycles. The Kier molecular flexibility index (Phi) is 10.7. The molecule has 1 unspecified atom stereocenters. The molecular formula is C26H39N3O6. The second-order valence-electron chi connectivity index (χ2n) is 9.70. The number of ether oxygens (including phenoxy) is 3. The van der Waals surface area contributed by atoms with Gasteiger partial charge in [0.05, 0.1) is 6.61 Å². The summed E-state index contributed by atoms with van der Waals surface area (Å²) in [7, 11) is 0. The summed E-state index contributed by atoms with van der Waals surface area (Å²) in [6.07, 6.45) is 11.2. The summed E-state index contributed by atoms with van der Waals surface area (Å²) in [6.45, 7) is 7.84. The van der Waals surface area contributed by atoms with Gasteiger partial charge in [0.25, 0.3) is 5.91 Å². The highest BCUT2D eigenvalue weighted by Gasteiger charge is 2.42. The van der Waals surface area contributed by atoms with Crippen LogP contribution in [-0.2, 0) is 35.2 Å². The lowest BCUT2D eigenvalue weighted by Gasteiger charge is -2.36. The molecule has 2 heterocycles. The standard InChI is InChI=1S/C26H39N3O6/c1-19(2)18-33-20(3)35-29-24(30)9-8-21-14-22(16-27-15-21)17-28-26(10-12-32-13-11-26)25(31)34-23-6-4-5-7-23/h8-9,14-16,19-20,23,28H,4-7,10-13,17-18H2,1-3H3,(H,29,30)/b9-8+. The second kappa shape index (κ2) is 13.7. The average molecular weight is 490 g/mol. The van der Waals surface area contributed by atoms with E-state index < -0.39 is 17.7 Å². The summed E-state index contributed by atoms with van der Waals surface area (Å²) >= 11 is 0. The van der Waals surface area contributed by atoms with Gasteiger partial charge in [-0.2, -0.15) is 0 Å². The van der Waals surface area contributed by atoms with Gasteiger partial charge in [0.2, 0.25) is 0 Å². The smallest absolute Gasteiger partial charge is 0.326 e. The van der Waals surface area contributed by atoms with E-state index in [1.165, 1.54) is 6.08 Å². The van der Waals surface area contributed by atoms with E-state index in [9.17, 15) is 9.59 Å². The molecular weight excluding hydrogens is 450 g/mol. The molecule has 1 amide bonds. The molecule has 0 bridgehead atoms. The fourth-order valence-electron chi connectivity index (χ4n) is 4.12. The van der Waals surface area contributed by atoms with Crippen molar-refractivity contribution in [3.05, 3.63) is 35.7 Å². The maximum Gasteiger partial charge on any atom is 0.326 e. The molecule has 9 heteroatoms. The zero-order valence-electron chi connectivity index (χ0n) is 21.1. The van der Waals surface area contributed by atoms with E-state index in [1.807, 2.05) is 19.9 Å². The maximum atomic E-state index is 13.1. The van der Waals surface area contributed by atoms with Gasteiger partial charge in [-0.3, -0.25) is 19.9 Å². The van der Waals surface area contributed by atoms with Gasteiger partial charge in [0.15, 0.2) is 6.29 Å². The number of pyridine rings is 1. The van der Waals surface area contributed by atoms with Crippen molar-refractivity contribution in [2.45, 2.75) is 83.8 Å². The van der Waals surface area contributed by atoms with Gasteiger partial charge in [-0.05, 0) is 74.6 Å². The molecule has 194 valence electrons. The summed E-state index contributed by atoms with van der Waals surface area (Å²) < 4.78 is 16.8. The Morgan fingerprint density at radius 2 is 1.94 bits per heavy atom. The Balaban J connectivity index is 1.52. The topological polar surface area (TPSA) is 108 Å². The van der Waals surface area contributed by atoms with E-state index in [4.69, 9.17) is 19.0 Å². The van der Waals surface area contributed by atoms with Crippen LogP contribution in [0.2, 0.25) is 0 Å². The fraction of sp³-hybridized carbons (Fsp3) is 0.654. The molecule has 2 N–H and O–H groups in total. The van der Waals surface area contributed by atoms with Crippen LogP contribution in [0, 0.1) is 5.92 Å². The predicted octanol–water partition coefficient (Wildman–Crippen LogP) is 3.29. The Morgan fingerprint density at radius 3 is 2.66 bits per heavy atom. The Hall–Kier alpha value is -2.33. The van der Waals surface area contributed by atoms with Crippen LogP contribution in [0.1, 0.15) is 70.4 Å². The molecule has 9 nitrogen and oxygen atoms in total. The van der Waals surface area contributed by atoms with Gasteiger partial charge < -0.3 is 14.2 Å². The third-order valence-corrected chi connectivity index (χ3v) is 6.18. The van der Waals surface area contributed by atoms with E-state index in [2.05, 4.69) is 15.8 Å². The van der Waals surface area contributed by atoms with Crippen molar-refractivity contribution in [2.24, 2.45) is 5.92 Å². The zero-order chi connectivity index (χ0) is 25.1.